The van der Waals surface area contributed by atoms with Gasteiger partial charge in [-0.05, 0) is 53.2 Å². The predicted octanol–water partition coefficient (Wildman–Crippen LogP) is 4.02. The second kappa shape index (κ2) is 8.96. The van der Waals surface area contributed by atoms with Gasteiger partial charge in [0.2, 0.25) is 11.1 Å². The molecular formula is C17H15F2N5OS2. The van der Waals surface area contributed by atoms with E-state index in [1.807, 2.05) is 31.2 Å². The molecule has 0 fully saturated rings. The molecule has 2 aromatic carbocycles. The Hall–Kier alpha value is -2.46. The van der Waals surface area contributed by atoms with Crippen molar-refractivity contribution in [3.8, 4) is 5.69 Å². The first kappa shape index (κ1) is 19.3. The Morgan fingerprint density at radius 2 is 1.93 bits per heavy atom. The number of hydrogen-bond donors (Lipinski definition) is 1. The van der Waals surface area contributed by atoms with Crippen LogP contribution in [0.3, 0.4) is 0 Å². The van der Waals surface area contributed by atoms with E-state index in [0.29, 0.717) is 27.5 Å². The molecule has 6 nitrogen and oxygen atoms in total. The zero-order chi connectivity index (χ0) is 19.2. The number of rotatable bonds is 7. The average molecular weight is 407 g/mol. The fraction of sp³-hybridized carbons (Fsp3) is 0.176. The van der Waals surface area contributed by atoms with Crippen molar-refractivity contribution < 1.29 is 13.6 Å². The molecule has 10 heteroatoms. The van der Waals surface area contributed by atoms with Crippen LogP contribution in [0.2, 0.25) is 0 Å². The highest BCUT2D eigenvalue weighted by Gasteiger charge is 2.13. The average Bonchev–Trinajstić information content (AvgIpc) is 3.10. The van der Waals surface area contributed by atoms with Gasteiger partial charge in [-0.25, -0.2) is 0 Å². The molecule has 1 amide bonds. The van der Waals surface area contributed by atoms with Crippen molar-refractivity contribution in [3.63, 3.8) is 0 Å². The van der Waals surface area contributed by atoms with E-state index in [4.69, 9.17) is 0 Å². The van der Waals surface area contributed by atoms with Crippen LogP contribution < -0.4 is 5.32 Å². The van der Waals surface area contributed by atoms with E-state index in [0.717, 1.165) is 11.3 Å². The largest absolute Gasteiger partial charge is 0.325 e. The normalized spacial score (nSPS) is 11.0. The number of nitrogens with one attached hydrogen (secondary N) is 1. The van der Waals surface area contributed by atoms with Gasteiger partial charge in [0.25, 0.3) is 5.76 Å². The summed E-state index contributed by atoms with van der Waals surface area (Å²) in [6.45, 7) is 1.95. The van der Waals surface area contributed by atoms with E-state index in [2.05, 4.69) is 20.8 Å². The summed E-state index contributed by atoms with van der Waals surface area (Å²) in [6, 6.07) is 13.9. The van der Waals surface area contributed by atoms with Crippen LogP contribution in [0.15, 0.2) is 58.6 Å². The molecule has 1 aromatic heterocycles. The van der Waals surface area contributed by atoms with Crippen molar-refractivity contribution in [1.29, 1.82) is 0 Å². The SMILES string of the molecule is Cc1ccccc1-n1nnnc1SCC(=O)Nc1ccc(SC(F)F)cc1. The Labute approximate surface area is 162 Å². The molecule has 0 unspecified atom stereocenters. The van der Waals surface area contributed by atoms with Gasteiger partial charge in [0.15, 0.2) is 0 Å². The minimum Gasteiger partial charge on any atom is -0.325 e. The summed E-state index contributed by atoms with van der Waals surface area (Å²) < 4.78 is 26.2. The first-order chi connectivity index (χ1) is 13.0. The lowest BCUT2D eigenvalue weighted by Crippen LogP contribution is -2.14. The number of alkyl halides is 2. The van der Waals surface area contributed by atoms with Gasteiger partial charge in [0.1, 0.15) is 0 Å². The van der Waals surface area contributed by atoms with Crippen molar-refractivity contribution in [2.75, 3.05) is 11.1 Å². The second-order valence-electron chi connectivity index (χ2n) is 5.40. The van der Waals surface area contributed by atoms with Crippen molar-refractivity contribution in [2.45, 2.75) is 22.7 Å². The molecule has 1 N–H and O–H groups in total. The lowest BCUT2D eigenvalue weighted by molar-refractivity contribution is -0.113. The van der Waals surface area contributed by atoms with Crippen molar-refractivity contribution in [1.82, 2.24) is 20.2 Å². The van der Waals surface area contributed by atoms with Gasteiger partial charge in [0, 0.05) is 10.6 Å². The standard InChI is InChI=1S/C17H15F2N5OS2/c1-11-4-2-3-5-14(11)24-17(21-22-23-24)26-10-15(25)20-12-6-8-13(9-7-12)27-16(18)19/h2-9,16H,10H2,1H3,(H,20,25). The molecule has 27 heavy (non-hydrogen) atoms. The van der Waals surface area contributed by atoms with E-state index >= 15 is 0 Å². The van der Waals surface area contributed by atoms with E-state index in [-0.39, 0.29) is 11.7 Å². The number of benzene rings is 2. The maximum absolute atomic E-state index is 12.3. The lowest BCUT2D eigenvalue weighted by Gasteiger charge is -2.08. The number of tetrazole rings is 1. The zero-order valence-corrected chi connectivity index (χ0v) is 15.8. The number of amides is 1. The number of carbonyl (C=O) groups excluding carboxylic acids is 1. The summed E-state index contributed by atoms with van der Waals surface area (Å²) in [5.74, 6) is -2.60. The molecule has 0 radical (unpaired) electrons. The molecule has 0 spiro atoms. The van der Waals surface area contributed by atoms with Gasteiger partial charge < -0.3 is 5.32 Å². The van der Waals surface area contributed by atoms with E-state index in [1.165, 1.54) is 23.9 Å². The molecule has 0 atom stereocenters. The fourth-order valence-corrected chi connectivity index (χ4v) is 3.45. The Balaban J connectivity index is 1.59. The van der Waals surface area contributed by atoms with Crippen LogP contribution in [-0.2, 0) is 4.79 Å². The highest BCUT2D eigenvalue weighted by molar-refractivity contribution is 8.00. The Morgan fingerprint density at radius 1 is 1.19 bits per heavy atom. The van der Waals surface area contributed by atoms with Crippen LogP contribution in [0.5, 0.6) is 0 Å². The summed E-state index contributed by atoms with van der Waals surface area (Å²) in [7, 11) is 0. The summed E-state index contributed by atoms with van der Waals surface area (Å²) in [5, 5.41) is 14.9. The van der Waals surface area contributed by atoms with Crippen LogP contribution in [0, 0.1) is 6.92 Å². The minimum absolute atomic E-state index is 0.111. The van der Waals surface area contributed by atoms with Crippen LogP contribution in [0.1, 0.15) is 5.56 Å². The summed E-state index contributed by atoms with van der Waals surface area (Å²) in [4.78, 5) is 12.6. The number of anilines is 1. The van der Waals surface area contributed by atoms with Gasteiger partial charge in [0.05, 0.1) is 11.4 Å². The van der Waals surface area contributed by atoms with Gasteiger partial charge in [-0.2, -0.15) is 13.5 Å². The number of carbonyl (C=O) groups is 1. The number of para-hydroxylation sites is 1. The molecule has 0 aliphatic carbocycles. The second-order valence-corrected chi connectivity index (χ2v) is 7.41. The van der Waals surface area contributed by atoms with Crippen molar-refractivity contribution >= 4 is 35.1 Å². The highest BCUT2D eigenvalue weighted by atomic mass is 32.2. The Bertz CT molecular complexity index is 918. The van der Waals surface area contributed by atoms with Crippen LogP contribution in [0.25, 0.3) is 5.69 Å². The van der Waals surface area contributed by atoms with E-state index in [9.17, 15) is 13.6 Å². The first-order valence-electron chi connectivity index (χ1n) is 7.85. The molecular weight excluding hydrogens is 392 g/mol. The molecule has 0 aliphatic heterocycles. The van der Waals surface area contributed by atoms with Gasteiger partial charge >= 0.3 is 0 Å². The third-order valence-corrected chi connectivity index (χ3v) is 5.12. The molecule has 0 saturated heterocycles. The summed E-state index contributed by atoms with van der Waals surface area (Å²) >= 11 is 1.67. The van der Waals surface area contributed by atoms with Crippen LogP contribution in [-0.4, -0.2) is 37.6 Å². The molecule has 1 heterocycles. The quantitative estimate of drug-likeness (QED) is 0.597. The highest BCUT2D eigenvalue weighted by Crippen LogP contribution is 2.26. The molecule has 3 aromatic rings. The van der Waals surface area contributed by atoms with Crippen molar-refractivity contribution in [3.05, 3.63) is 54.1 Å². The van der Waals surface area contributed by atoms with Gasteiger partial charge in [-0.1, -0.05) is 41.7 Å². The minimum atomic E-state index is -2.47. The molecule has 0 saturated carbocycles. The van der Waals surface area contributed by atoms with Crippen LogP contribution >= 0.6 is 23.5 Å². The van der Waals surface area contributed by atoms with E-state index < -0.39 is 5.76 Å². The molecule has 140 valence electrons. The van der Waals surface area contributed by atoms with Crippen molar-refractivity contribution in [2.24, 2.45) is 0 Å². The number of hydrogen-bond acceptors (Lipinski definition) is 6. The Morgan fingerprint density at radius 3 is 2.63 bits per heavy atom. The fourth-order valence-electron chi connectivity index (χ4n) is 2.27. The van der Waals surface area contributed by atoms with Gasteiger partial charge in [-0.15, -0.1) is 5.10 Å². The molecule has 0 aliphatic rings. The smallest absolute Gasteiger partial charge is 0.288 e. The van der Waals surface area contributed by atoms with Gasteiger partial charge in [-0.3, -0.25) is 4.79 Å². The molecule has 3 rings (SSSR count). The number of aryl methyl sites for hydroxylation is 1. The zero-order valence-electron chi connectivity index (χ0n) is 14.2. The number of halogens is 2. The maximum Gasteiger partial charge on any atom is 0.288 e. The van der Waals surface area contributed by atoms with E-state index in [1.54, 1.807) is 16.8 Å². The summed E-state index contributed by atoms with van der Waals surface area (Å²) in [5.41, 5.74) is 2.40. The molecule has 0 bridgehead atoms. The first-order valence-corrected chi connectivity index (χ1v) is 9.71. The van der Waals surface area contributed by atoms with Crippen LogP contribution in [0.4, 0.5) is 14.5 Å². The Kier molecular flexibility index (Phi) is 6.40. The third-order valence-electron chi connectivity index (χ3n) is 3.48. The topological polar surface area (TPSA) is 72.7 Å². The maximum atomic E-state index is 12.3. The monoisotopic (exact) mass is 407 g/mol. The third kappa shape index (κ3) is 5.27. The number of nitrogens with zero attached hydrogens (tertiary/aromatic N) is 4. The predicted molar refractivity (Wildman–Crippen MR) is 102 cm³/mol. The number of aromatic nitrogens is 4. The summed E-state index contributed by atoms with van der Waals surface area (Å²) in [6.07, 6.45) is 0. The lowest BCUT2D eigenvalue weighted by atomic mass is 10.2. The number of thioether (sulfide) groups is 2.